The Morgan fingerprint density at radius 1 is 1.26 bits per heavy atom. The molecule has 7 nitrogen and oxygen atoms in total. The number of ether oxygens (including phenoxy) is 1. The van der Waals surface area contributed by atoms with E-state index in [4.69, 9.17) is 4.74 Å². The highest BCUT2D eigenvalue weighted by atomic mass is 19.1. The minimum Gasteiger partial charge on any atom is -0.379 e. The molecular formula is C18H27F2N5O2. The van der Waals surface area contributed by atoms with Gasteiger partial charge >= 0.3 is 0 Å². The Kier molecular flexibility index (Phi) is 8.41. The lowest BCUT2D eigenvalue weighted by Crippen LogP contribution is -2.46. The standard InChI is InChI=1S/C18H27F2N5O2/c1-24(2)17(26)13-23-18(21-5-6-25-7-9-27-10-8-25)22-12-14-11-15(19)3-4-16(14)20/h3-4,11H,5-10,12-13H2,1-2H3,(H2,21,22,23). The number of nitrogens with zero attached hydrogens (tertiary/aromatic N) is 3. The summed E-state index contributed by atoms with van der Waals surface area (Å²) in [7, 11) is 3.32. The number of hydrogen-bond acceptors (Lipinski definition) is 4. The lowest BCUT2D eigenvalue weighted by Gasteiger charge is -2.26. The van der Waals surface area contributed by atoms with Crippen molar-refractivity contribution in [2.75, 3.05) is 60.0 Å². The molecule has 1 aromatic rings. The molecule has 1 fully saturated rings. The van der Waals surface area contributed by atoms with Crippen LogP contribution in [0, 0.1) is 11.6 Å². The van der Waals surface area contributed by atoms with Gasteiger partial charge in [-0.3, -0.25) is 9.69 Å². The van der Waals surface area contributed by atoms with Gasteiger partial charge < -0.3 is 20.3 Å². The molecule has 1 heterocycles. The maximum absolute atomic E-state index is 13.8. The van der Waals surface area contributed by atoms with Gasteiger partial charge in [0.2, 0.25) is 5.91 Å². The van der Waals surface area contributed by atoms with Gasteiger partial charge in [-0.15, -0.1) is 0 Å². The fourth-order valence-electron chi connectivity index (χ4n) is 2.48. The molecule has 27 heavy (non-hydrogen) atoms. The normalized spacial score (nSPS) is 15.5. The number of aliphatic imine (C=N–C) groups is 1. The minimum atomic E-state index is -0.516. The summed E-state index contributed by atoms with van der Waals surface area (Å²) in [5.41, 5.74) is 0.156. The third-order valence-electron chi connectivity index (χ3n) is 4.15. The van der Waals surface area contributed by atoms with Gasteiger partial charge in [0.1, 0.15) is 11.6 Å². The van der Waals surface area contributed by atoms with E-state index in [1.54, 1.807) is 14.1 Å². The third-order valence-corrected chi connectivity index (χ3v) is 4.15. The van der Waals surface area contributed by atoms with Crippen LogP contribution in [0.1, 0.15) is 5.56 Å². The summed E-state index contributed by atoms with van der Waals surface area (Å²) in [6.07, 6.45) is 0. The largest absolute Gasteiger partial charge is 0.379 e. The summed E-state index contributed by atoms with van der Waals surface area (Å²) in [5.74, 6) is -0.770. The van der Waals surface area contributed by atoms with Crippen molar-refractivity contribution in [3.8, 4) is 0 Å². The molecule has 2 N–H and O–H groups in total. The topological polar surface area (TPSA) is 69.2 Å². The van der Waals surface area contributed by atoms with Crippen LogP contribution in [-0.4, -0.2) is 81.7 Å². The monoisotopic (exact) mass is 383 g/mol. The number of benzene rings is 1. The zero-order chi connectivity index (χ0) is 19.6. The van der Waals surface area contributed by atoms with Crippen LogP contribution >= 0.6 is 0 Å². The van der Waals surface area contributed by atoms with Crippen LogP contribution in [0.5, 0.6) is 0 Å². The lowest BCUT2D eigenvalue weighted by atomic mass is 10.2. The van der Waals surface area contributed by atoms with E-state index in [2.05, 4.69) is 20.5 Å². The van der Waals surface area contributed by atoms with Crippen LogP contribution in [0.4, 0.5) is 8.78 Å². The van der Waals surface area contributed by atoms with E-state index < -0.39 is 11.6 Å². The molecule has 9 heteroatoms. The van der Waals surface area contributed by atoms with Crippen molar-refractivity contribution in [1.82, 2.24) is 20.4 Å². The van der Waals surface area contributed by atoms with E-state index in [-0.39, 0.29) is 24.6 Å². The molecule has 0 unspecified atom stereocenters. The van der Waals surface area contributed by atoms with E-state index in [9.17, 15) is 13.6 Å². The summed E-state index contributed by atoms with van der Waals surface area (Å²) in [5, 5.41) is 6.07. The van der Waals surface area contributed by atoms with Crippen LogP contribution in [0.25, 0.3) is 0 Å². The first kappa shape index (κ1) is 21.0. The highest BCUT2D eigenvalue weighted by Crippen LogP contribution is 2.10. The summed E-state index contributed by atoms with van der Waals surface area (Å²) < 4.78 is 32.4. The Balaban J connectivity index is 1.94. The highest BCUT2D eigenvalue weighted by Gasteiger charge is 2.11. The molecule has 1 amide bonds. The second-order valence-corrected chi connectivity index (χ2v) is 6.42. The predicted molar refractivity (Wildman–Crippen MR) is 99.5 cm³/mol. The number of carbonyl (C=O) groups is 1. The molecule has 0 atom stereocenters. The van der Waals surface area contributed by atoms with E-state index in [1.165, 1.54) is 4.90 Å². The number of nitrogens with one attached hydrogen (secondary N) is 2. The number of halogens is 2. The van der Waals surface area contributed by atoms with Crippen LogP contribution in [0.2, 0.25) is 0 Å². The van der Waals surface area contributed by atoms with Crippen molar-refractivity contribution in [3.63, 3.8) is 0 Å². The molecule has 1 aliphatic heterocycles. The molecule has 1 saturated heterocycles. The smallest absolute Gasteiger partial charge is 0.241 e. The highest BCUT2D eigenvalue weighted by molar-refractivity contribution is 5.86. The average Bonchev–Trinajstić information content (AvgIpc) is 2.66. The van der Waals surface area contributed by atoms with Crippen LogP contribution in [0.3, 0.4) is 0 Å². The zero-order valence-corrected chi connectivity index (χ0v) is 15.8. The summed E-state index contributed by atoms with van der Waals surface area (Å²) in [6, 6.07) is 3.27. The Morgan fingerprint density at radius 2 is 2.00 bits per heavy atom. The van der Waals surface area contributed by atoms with Crippen LogP contribution in [0.15, 0.2) is 23.2 Å². The van der Waals surface area contributed by atoms with Gasteiger partial charge in [0.05, 0.1) is 26.3 Å². The molecule has 1 aliphatic rings. The van der Waals surface area contributed by atoms with Crippen LogP contribution < -0.4 is 10.6 Å². The van der Waals surface area contributed by atoms with Gasteiger partial charge in [-0.05, 0) is 18.2 Å². The van der Waals surface area contributed by atoms with E-state index in [1.807, 2.05) is 0 Å². The maximum Gasteiger partial charge on any atom is 0.241 e. The number of morpholine rings is 1. The number of hydrogen-bond donors (Lipinski definition) is 2. The first-order valence-electron chi connectivity index (χ1n) is 8.92. The molecular weight excluding hydrogens is 356 g/mol. The van der Waals surface area contributed by atoms with Gasteiger partial charge in [-0.1, -0.05) is 0 Å². The van der Waals surface area contributed by atoms with Gasteiger partial charge in [0, 0.05) is 45.8 Å². The Labute approximate surface area is 158 Å². The van der Waals surface area contributed by atoms with Crippen molar-refractivity contribution in [3.05, 3.63) is 35.4 Å². The van der Waals surface area contributed by atoms with Crippen molar-refractivity contribution < 1.29 is 18.3 Å². The number of rotatable bonds is 7. The average molecular weight is 383 g/mol. The van der Waals surface area contributed by atoms with Crippen LogP contribution in [-0.2, 0) is 16.1 Å². The van der Waals surface area contributed by atoms with E-state index in [0.717, 1.165) is 51.0 Å². The molecule has 0 spiro atoms. The Hall–Kier alpha value is -2.26. The Morgan fingerprint density at radius 3 is 2.70 bits per heavy atom. The first-order valence-corrected chi connectivity index (χ1v) is 8.92. The van der Waals surface area contributed by atoms with Crippen molar-refractivity contribution in [2.24, 2.45) is 4.99 Å². The summed E-state index contributed by atoms with van der Waals surface area (Å²) in [6.45, 7) is 4.59. The fraction of sp³-hybridized carbons (Fsp3) is 0.556. The van der Waals surface area contributed by atoms with Crippen molar-refractivity contribution in [1.29, 1.82) is 0 Å². The second-order valence-electron chi connectivity index (χ2n) is 6.42. The molecule has 0 aliphatic carbocycles. The third kappa shape index (κ3) is 7.48. The molecule has 150 valence electrons. The molecule has 0 bridgehead atoms. The number of likely N-dealkylation sites (N-methyl/N-ethyl adjacent to an activating group) is 1. The van der Waals surface area contributed by atoms with Crippen molar-refractivity contribution in [2.45, 2.75) is 6.54 Å². The fourth-order valence-corrected chi connectivity index (χ4v) is 2.48. The quantitative estimate of drug-likeness (QED) is 0.528. The molecule has 1 aromatic carbocycles. The van der Waals surface area contributed by atoms with Gasteiger partial charge in [-0.25, -0.2) is 13.8 Å². The Bertz CT molecular complexity index is 649. The number of amides is 1. The first-order chi connectivity index (χ1) is 13.0. The van der Waals surface area contributed by atoms with Gasteiger partial charge in [0.25, 0.3) is 0 Å². The second kappa shape index (κ2) is 10.8. The maximum atomic E-state index is 13.8. The zero-order valence-electron chi connectivity index (χ0n) is 15.8. The minimum absolute atomic E-state index is 0.0351. The van der Waals surface area contributed by atoms with Crippen molar-refractivity contribution >= 4 is 11.9 Å². The van der Waals surface area contributed by atoms with E-state index >= 15 is 0 Å². The van der Waals surface area contributed by atoms with E-state index in [0.29, 0.717) is 12.5 Å². The molecule has 2 rings (SSSR count). The molecule has 0 radical (unpaired) electrons. The summed E-state index contributed by atoms with van der Waals surface area (Å²) >= 11 is 0. The molecule has 0 saturated carbocycles. The lowest BCUT2D eigenvalue weighted by molar-refractivity contribution is -0.127. The van der Waals surface area contributed by atoms with Gasteiger partial charge in [0.15, 0.2) is 5.96 Å². The number of carbonyl (C=O) groups excluding carboxylic acids is 1. The molecule has 0 aromatic heterocycles. The van der Waals surface area contributed by atoms with Gasteiger partial charge in [-0.2, -0.15) is 0 Å². The SMILES string of the molecule is CN(C)C(=O)CNC(=NCc1cc(F)ccc1F)NCCN1CCOCC1. The predicted octanol–water partition coefficient (Wildman–Crippen LogP) is 0.420. The summed E-state index contributed by atoms with van der Waals surface area (Å²) in [4.78, 5) is 19.8. The number of guanidine groups is 1.